The smallest absolute Gasteiger partial charge is 0.328 e. The highest BCUT2D eigenvalue weighted by Crippen LogP contribution is 2.76. The van der Waals surface area contributed by atoms with Crippen molar-refractivity contribution < 1.29 is 18.5 Å². The second-order valence-electron chi connectivity index (χ2n) is 9.95. The summed E-state index contributed by atoms with van der Waals surface area (Å²) in [6.45, 7) is 2.19. The lowest BCUT2D eigenvalue weighted by molar-refractivity contribution is -0.0856. The summed E-state index contributed by atoms with van der Waals surface area (Å²) in [6, 6.07) is 30.0. The standard InChI is InChI=1S/C31H33N2O6PS2/c1-22-18-33(31(35)32-30(22)34)19-26(37-20-23-12-6-3-7-13-23)27(36-2)21-38-40(41)39-28(24-14-8-4-9-15-24)29(42-40)25-16-10-5-11-17-25/h3-18,26-29H,19-21H2,1-2H3,(H,32,34,35)/t26-,27+,28+,29-,40?/m0/s1. The molecule has 0 aliphatic carbocycles. The molecule has 1 unspecified atom stereocenters. The highest BCUT2D eigenvalue weighted by Gasteiger charge is 2.44. The van der Waals surface area contributed by atoms with Crippen LogP contribution in [0.15, 0.2) is 107 Å². The fourth-order valence-corrected chi connectivity index (χ4v) is 10.3. The van der Waals surface area contributed by atoms with Crippen LogP contribution < -0.4 is 11.2 Å². The van der Waals surface area contributed by atoms with Gasteiger partial charge in [-0.1, -0.05) is 102 Å². The Balaban J connectivity index is 1.36. The summed E-state index contributed by atoms with van der Waals surface area (Å²) in [7, 11) is 1.57. The van der Waals surface area contributed by atoms with Crippen LogP contribution >= 0.6 is 17.1 Å². The second kappa shape index (κ2) is 14.1. The molecule has 1 aliphatic heterocycles. The molecule has 0 bridgehead atoms. The molecular weight excluding hydrogens is 591 g/mol. The van der Waals surface area contributed by atoms with Crippen molar-refractivity contribution >= 4 is 28.9 Å². The van der Waals surface area contributed by atoms with Crippen LogP contribution in [0.4, 0.5) is 0 Å². The van der Waals surface area contributed by atoms with Crippen LogP contribution in [-0.4, -0.2) is 35.5 Å². The Hall–Kier alpha value is -2.82. The summed E-state index contributed by atoms with van der Waals surface area (Å²) < 4.78 is 26.6. The molecule has 1 N–H and O–H groups in total. The summed E-state index contributed by atoms with van der Waals surface area (Å²) in [5, 5.41) is -0.0340. The molecule has 3 aromatic carbocycles. The summed E-state index contributed by atoms with van der Waals surface area (Å²) in [5.41, 5.74) is -0.193. The molecule has 11 heteroatoms. The molecular formula is C31H33N2O6PS2. The molecule has 1 aliphatic rings. The molecule has 5 rings (SSSR count). The normalized spacial score (nSPS) is 21.7. The van der Waals surface area contributed by atoms with Gasteiger partial charge in [0.05, 0.1) is 25.0 Å². The van der Waals surface area contributed by atoms with Crippen molar-refractivity contribution in [2.45, 2.75) is 43.6 Å². The number of ether oxygens (including phenoxy) is 2. The minimum Gasteiger partial charge on any atom is -0.376 e. The number of H-pyrrole nitrogens is 1. The van der Waals surface area contributed by atoms with Crippen LogP contribution in [0.25, 0.3) is 0 Å². The fraction of sp³-hybridized carbons (Fsp3) is 0.290. The maximum absolute atomic E-state index is 12.6. The van der Waals surface area contributed by atoms with Crippen LogP contribution in [0.5, 0.6) is 0 Å². The number of benzene rings is 3. The Bertz CT molecular complexity index is 1570. The lowest BCUT2D eigenvalue weighted by Crippen LogP contribution is -2.41. The van der Waals surface area contributed by atoms with Gasteiger partial charge in [0.25, 0.3) is 5.56 Å². The Kier molecular flexibility index (Phi) is 10.3. The first kappa shape index (κ1) is 30.6. The van der Waals surface area contributed by atoms with E-state index in [1.54, 1.807) is 25.4 Å². The van der Waals surface area contributed by atoms with Crippen molar-refractivity contribution in [2.75, 3.05) is 13.7 Å². The zero-order valence-electron chi connectivity index (χ0n) is 23.3. The lowest BCUT2D eigenvalue weighted by Gasteiger charge is -2.28. The molecule has 0 radical (unpaired) electrons. The third-order valence-electron chi connectivity index (χ3n) is 7.00. The van der Waals surface area contributed by atoms with E-state index in [1.165, 1.54) is 10.8 Å². The minimum absolute atomic E-state index is 0.0340. The number of methoxy groups -OCH3 is 1. The van der Waals surface area contributed by atoms with Crippen molar-refractivity contribution in [3.05, 3.63) is 140 Å². The molecule has 0 spiro atoms. The zero-order valence-corrected chi connectivity index (χ0v) is 25.9. The van der Waals surface area contributed by atoms with E-state index in [4.69, 9.17) is 30.3 Å². The van der Waals surface area contributed by atoms with Gasteiger partial charge in [-0.15, -0.1) is 0 Å². The number of nitrogens with zero attached hydrogens (tertiary/aromatic N) is 1. The van der Waals surface area contributed by atoms with Crippen molar-refractivity contribution in [3.8, 4) is 0 Å². The van der Waals surface area contributed by atoms with Crippen molar-refractivity contribution in [1.29, 1.82) is 0 Å². The maximum atomic E-state index is 12.6. The fourth-order valence-electron chi connectivity index (χ4n) is 4.73. The lowest BCUT2D eigenvalue weighted by atomic mass is 10.0. The Morgan fingerprint density at radius 3 is 2.21 bits per heavy atom. The van der Waals surface area contributed by atoms with Gasteiger partial charge in [0, 0.05) is 18.9 Å². The van der Waals surface area contributed by atoms with E-state index >= 15 is 0 Å². The largest absolute Gasteiger partial charge is 0.376 e. The number of aryl methyl sites for hydroxylation is 1. The minimum atomic E-state index is -2.80. The van der Waals surface area contributed by atoms with Gasteiger partial charge in [0.15, 0.2) is 0 Å². The average molecular weight is 625 g/mol. The van der Waals surface area contributed by atoms with Gasteiger partial charge in [-0.05, 0) is 35.4 Å². The van der Waals surface area contributed by atoms with E-state index in [2.05, 4.69) is 17.1 Å². The van der Waals surface area contributed by atoms with E-state index in [1.807, 2.05) is 78.9 Å². The number of hydrogen-bond acceptors (Lipinski definition) is 8. The third-order valence-corrected chi connectivity index (χ3v) is 12.3. The van der Waals surface area contributed by atoms with Crippen LogP contribution in [0.1, 0.15) is 33.6 Å². The summed E-state index contributed by atoms with van der Waals surface area (Å²) in [5.74, 6) is 0. The van der Waals surface area contributed by atoms with Gasteiger partial charge in [0.2, 0.25) is 5.69 Å². The molecule has 220 valence electrons. The molecule has 4 aromatic rings. The summed E-state index contributed by atoms with van der Waals surface area (Å²) in [6.07, 6.45) is 0.0865. The topological polar surface area (TPSA) is 91.8 Å². The monoisotopic (exact) mass is 624 g/mol. The second-order valence-corrected chi connectivity index (χ2v) is 16.2. The van der Waals surface area contributed by atoms with Crippen LogP contribution in [0.2, 0.25) is 0 Å². The SMILES string of the molecule is CO[C@H](COP1(=S)O[C@H](c2ccccc2)[C@H](c2ccccc2)S1)[C@H](Cn1cc(C)c(=O)[nH]c1=O)OCc1ccccc1. The van der Waals surface area contributed by atoms with E-state index in [0.29, 0.717) is 12.2 Å². The van der Waals surface area contributed by atoms with E-state index in [-0.39, 0.29) is 24.5 Å². The Morgan fingerprint density at radius 2 is 1.57 bits per heavy atom. The molecule has 1 fully saturated rings. The van der Waals surface area contributed by atoms with Gasteiger partial charge in [-0.25, -0.2) is 4.79 Å². The first-order valence-electron chi connectivity index (χ1n) is 13.5. The van der Waals surface area contributed by atoms with Gasteiger partial charge < -0.3 is 18.5 Å². The Morgan fingerprint density at radius 1 is 0.952 bits per heavy atom. The molecule has 0 amide bonds. The summed E-state index contributed by atoms with van der Waals surface area (Å²) in [4.78, 5) is 26.9. The van der Waals surface area contributed by atoms with E-state index in [9.17, 15) is 9.59 Å². The number of rotatable bonds is 12. The number of nitrogens with one attached hydrogen (secondary N) is 1. The van der Waals surface area contributed by atoms with E-state index in [0.717, 1.165) is 16.7 Å². The first-order chi connectivity index (χ1) is 20.3. The molecule has 8 nitrogen and oxygen atoms in total. The number of aromatic nitrogens is 2. The maximum Gasteiger partial charge on any atom is 0.328 e. The molecule has 1 aromatic heterocycles. The first-order valence-corrected chi connectivity index (χ1v) is 17.7. The molecule has 2 heterocycles. The average Bonchev–Trinajstić information content (AvgIpc) is 3.37. The predicted molar refractivity (Wildman–Crippen MR) is 169 cm³/mol. The molecule has 42 heavy (non-hydrogen) atoms. The number of aromatic amines is 1. The molecule has 0 saturated carbocycles. The highest BCUT2D eigenvalue weighted by atomic mass is 32.9. The summed E-state index contributed by atoms with van der Waals surface area (Å²) >= 11 is 7.58. The van der Waals surface area contributed by atoms with Crippen LogP contribution in [-0.2, 0) is 43.5 Å². The van der Waals surface area contributed by atoms with Crippen molar-refractivity contribution in [3.63, 3.8) is 0 Å². The third kappa shape index (κ3) is 7.57. The predicted octanol–water partition coefficient (Wildman–Crippen LogP) is 5.93. The van der Waals surface area contributed by atoms with Gasteiger partial charge in [-0.2, -0.15) is 0 Å². The zero-order chi connectivity index (χ0) is 29.5. The highest BCUT2D eigenvalue weighted by molar-refractivity contribution is 8.68. The molecule has 1 saturated heterocycles. The molecule has 5 atom stereocenters. The van der Waals surface area contributed by atoms with Gasteiger partial charge in [0.1, 0.15) is 18.3 Å². The Labute approximate surface area is 253 Å². The van der Waals surface area contributed by atoms with E-state index < -0.39 is 29.2 Å². The van der Waals surface area contributed by atoms with Gasteiger partial charge in [-0.3, -0.25) is 14.3 Å². The van der Waals surface area contributed by atoms with Crippen LogP contribution in [0.3, 0.4) is 0 Å². The quantitative estimate of drug-likeness (QED) is 0.194. The van der Waals surface area contributed by atoms with Crippen LogP contribution in [0, 0.1) is 6.92 Å². The van der Waals surface area contributed by atoms with Crippen molar-refractivity contribution in [1.82, 2.24) is 9.55 Å². The van der Waals surface area contributed by atoms with Gasteiger partial charge >= 0.3 is 5.69 Å². The number of hydrogen-bond donors (Lipinski definition) is 1. The van der Waals surface area contributed by atoms with Crippen molar-refractivity contribution in [2.24, 2.45) is 0 Å².